The third kappa shape index (κ3) is 4.08. The second-order valence-corrected chi connectivity index (χ2v) is 8.26. The van der Waals surface area contributed by atoms with Gasteiger partial charge < -0.3 is 15.2 Å². The van der Waals surface area contributed by atoms with E-state index in [1.165, 1.54) is 11.0 Å². The minimum absolute atomic E-state index is 0.0993. The maximum Gasteiger partial charge on any atom is 0.407 e. The van der Waals surface area contributed by atoms with Crippen molar-refractivity contribution in [2.45, 2.75) is 44.7 Å². The molecule has 0 fully saturated rings. The van der Waals surface area contributed by atoms with Crippen molar-refractivity contribution in [1.82, 2.24) is 20.1 Å². The summed E-state index contributed by atoms with van der Waals surface area (Å²) < 4.78 is 6.95. The van der Waals surface area contributed by atoms with E-state index in [-0.39, 0.29) is 18.4 Å². The molecule has 32 heavy (non-hydrogen) atoms. The lowest BCUT2D eigenvalue weighted by Gasteiger charge is -2.22. The van der Waals surface area contributed by atoms with Crippen molar-refractivity contribution >= 4 is 12.1 Å². The Hall–Kier alpha value is -3.68. The van der Waals surface area contributed by atoms with Crippen molar-refractivity contribution in [2.75, 3.05) is 6.61 Å². The largest absolute Gasteiger partial charge is 0.480 e. The number of carboxylic acids is 1. The zero-order chi connectivity index (χ0) is 22.8. The Labute approximate surface area is 186 Å². The number of nitrogens with zero attached hydrogens (tertiary/aromatic N) is 3. The lowest BCUT2D eigenvalue weighted by molar-refractivity contribution is -0.140. The number of aromatic nitrogens is 3. The molecule has 1 aliphatic rings. The number of hydrogen-bond donors (Lipinski definition) is 2. The number of amides is 1. The second kappa shape index (κ2) is 8.82. The molecule has 0 aliphatic heterocycles. The highest BCUT2D eigenvalue weighted by Gasteiger charge is 2.32. The lowest BCUT2D eigenvalue weighted by Crippen LogP contribution is -2.46. The number of carbonyl (C=O) groups is 2. The van der Waals surface area contributed by atoms with Gasteiger partial charge in [0.1, 0.15) is 12.9 Å². The monoisotopic (exact) mass is 434 g/mol. The molecular formula is C24H26N4O4. The number of aliphatic carboxylic acids is 1. The minimum Gasteiger partial charge on any atom is -0.480 e. The summed E-state index contributed by atoms with van der Waals surface area (Å²) in [4.78, 5) is 28.6. The molecule has 166 valence electrons. The van der Waals surface area contributed by atoms with Crippen LogP contribution in [0.4, 0.5) is 4.79 Å². The number of carboxylic acid groups (broad SMARTS) is 1. The summed E-state index contributed by atoms with van der Waals surface area (Å²) in [6, 6.07) is 14.2. The van der Waals surface area contributed by atoms with Crippen LogP contribution in [0.2, 0.25) is 0 Å². The van der Waals surface area contributed by atoms with E-state index in [0.717, 1.165) is 22.3 Å². The summed E-state index contributed by atoms with van der Waals surface area (Å²) in [5.41, 5.74) is 4.43. The maximum atomic E-state index is 12.5. The van der Waals surface area contributed by atoms with E-state index in [9.17, 15) is 14.7 Å². The van der Waals surface area contributed by atoms with Gasteiger partial charge in [-0.3, -0.25) is 0 Å². The first kappa shape index (κ1) is 21.5. The molecule has 0 spiro atoms. The molecule has 1 amide bonds. The highest BCUT2D eigenvalue weighted by atomic mass is 16.5. The maximum absolute atomic E-state index is 12.5. The third-order valence-electron chi connectivity index (χ3n) is 5.83. The quantitative estimate of drug-likeness (QED) is 0.583. The topological polar surface area (TPSA) is 106 Å². The van der Waals surface area contributed by atoms with Crippen molar-refractivity contribution < 1.29 is 19.4 Å². The Bertz CT molecular complexity index is 1090. The van der Waals surface area contributed by atoms with Crippen molar-refractivity contribution in [1.29, 1.82) is 0 Å². The number of hydrogen-bond acceptors (Lipinski definition) is 5. The van der Waals surface area contributed by atoms with Crippen molar-refractivity contribution in [3.63, 3.8) is 0 Å². The molecule has 8 heteroatoms. The highest BCUT2D eigenvalue weighted by Crippen LogP contribution is 2.44. The molecule has 1 aliphatic carbocycles. The summed E-state index contributed by atoms with van der Waals surface area (Å²) in [5, 5.41) is 16.5. The van der Waals surface area contributed by atoms with Crippen LogP contribution in [0.25, 0.3) is 11.1 Å². The summed E-state index contributed by atoms with van der Waals surface area (Å²) in [6.07, 6.45) is 0.699. The van der Waals surface area contributed by atoms with Crippen LogP contribution in [0, 0.1) is 0 Å². The van der Waals surface area contributed by atoms with Crippen LogP contribution in [0.1, 0.15) is 55.6 Å². The Morgan fingerprint density at radius 3 is 2.19 bits per heavy atom. The molecule has 0 radical (unpaired) electrons. The molecular weight excluding hydrogens is 408 g/mol. The molecule has 0 saturated heterocycles. The predicted octanol–water partition coefficient (Wildman–Crippen LogP) is 3.95. The van der Waals surface area contributed by atoms with E-state index in [1.807, 2.05) is 50.2 Å². The normalized spacial score (nSPS) is 14.5. The number of ether oxygens (including phenoxy) is 1. The van der Waals surface area contributed by atoms with E-state index >= 15 is 0 Å². The fourth-order valence-electron chi connectivity index (χ4n) is 4.06. The van der Waals surface area contributed by atoms with Gasteiger partial charge in [-0.05, 0) is 29.2 Å². The molecule has 2 N–H and O–H groups in total. The molecule has 1 aromatic heterocycles. The van der Waals surface area contributed by atoms with Crippen LogP contribution in [-0.2, 0) is 9.53 Å². The van der Waals surface area contributed by atoms with Gasteiger partial charge >= 0.3 is 12.1 Å². The zero-order valence-electron chi connectivity index (χ0n) is 18.2. The van der Waals surface area contributed by atoms with Gasteiger partial charge in [-0.1, -0.05) is 62.4 Å². The van der Waals surface area contributed by atoms with Crippen LogP contribution in [0.15, 0.2) is 54.9 Å². The zero-order valence-corrected chi connectivity index (χ0v) is 18.2. The van der Waals surface area contributed by atoms with Gasteiger partial charge in [0.05, 0.1) is 6.04 Å². The molecule has 3 aromatic rings. The summed E-state index contributed by atoms with van der Waals surface area (Å²) in [7, 11) is 0. The third-order valence-corrected chi connectivity index (χ3v) is 5.83. The van der Waals surface area contributed by atoms with Gasteiger partial charge in [0, 0.05) is 11.8 Å². The Balaban J connectivity index is 1.45. The fraction of sp³-hybridized carbons (Fsp3) is 0.333. The Kier molecular flexibility index (Phi) is 5.94. The molecule has 8 nitrogen and oxygen atoms in total. The molecule has 0 bridgehead atoms. The molecule has 2 atom stereocenters. The van der Waals surface area contributed by atoms with E-state index < -0.39 is 24.1 Å². The van der Waals surface area contributed by atoms with Gasteiger partial charge in [0.2, 0.25) is 0 Å². The van der Waals surface area contributed by atoms with Crippen LogP contribution in [0.5, 0.6) is 0 Å². The number of rotatable bonds is 7. The van der Waals surface area contributed by atoms with Crippen molar-refractivity contribution in [2.24, 2.45) is 0 Å². The van der Waals surface area contributed by atoms with Crippen molar-refractivity contribution in [3.8, 4) is 11.1 Å². The van der Waals surface area contributed by atoms with E-state index in [4.69, 9.17) is 4.74 Å². The SMILES string of the molecule is CC(C)c1ncn(C(C)C(NC(=O)OCC2c3ccccc3-c3ccccc32)C(=O)O)n1. The number of nitrogens with one attached hydrogen (secondary N) is 1. The van der Waals surface area contributed by atoms with Crippen molar-refractivity contribution in [3.05, 3.63) is 71.8 Å². The van der Waals surface area contributed by atoms with Gasteiger partial charge in [0.25, 0.3) is 0 Å². The molecule has 4 rings (SSSR count). The number of alkyl carbamates (subject to hydrolysis) is 1. The second-order valence-electron chi connectivity index (χ2n) is 8.26. The molecule has 0 saturated carbocycles. The molecule has 1 heterocycles. The van der Waals surface area contributed by atoms with E-state index in [0.29, 0.717) is 5.82 Å². The van der Waals surface area contributed by atoms with Gasteiger partial charge in [-0.15, -0.1) is 0 Å². The molecule has 2 aromatic carbocycles. The standard InChI is InChI=1S/C24H26N4O4/c1-14(2)22-25-13-28(27-22)15(3)21(23(29)30)26-24(31)32-12-20-18-10-6-4-8-16(18)17-9-5-7-11-19(17)20/h4-11,13-15,20-21H,12H2,1-3H3,(H,26,31)(H,29,30). The molecule has 2 unspecified atom stereocenters. The van der Waals surface area contributed by atoms with Crippen LogP contribution in [0.3, 0.4) is 0 Å². The average Bonchev–Trinajstić information content (AvgIpc) is 3.39. The van der Waals surface area contributed by atoms with E-state index in [2.05, 4.69) is 27.5 Å². The number of fused-ring (bicyclic) bond motifs is 3. The Morgan fingerprint density at radius 1 is 1.06 bits per heavy atom. The lowest BCUT2D eigenvalue weighted by atomic mass is 9.98. The Morgan fingerprint density at radius 2 is 1.66 bits per heavy atom. The van der Waals surface area contributed by atoms with E-state index in [1.54, 1.807) is 6.92 Å². The number of carbonyl (C=O) groups excluding carboxylic acids is 1. The van der Waals surface area contributed by atoms with Gasteiger partial charge in [-0.25, -0.2) is 19.3 Å². The minimum atomic E-state index is -1.22. The first-order chi connectivity index (χ1) is 15.4. The summed E-state index contributed by atoms with van der Waals surface area (Å²) in [6.45, 7) is 5.69. The first-order valence-corrected chi connectivity index (χ1v) is 10.6. The smallest absolute Gasteiger partial charge is 0.407 e. The van der Waals surface area contributed by atoms with Crippen LogP contribution in [-0.4, -0.2) is 44.6 Å². The van der Waals surface area contributed by atoms with Crippen LogP contribution < -0.4 is 5.32 Å². The fourth-order valence-corrected chi connectivity index (χ4v) is 4.06. The summed E-state index contributed by atoms with van der Waals surface area (Å²) >= 11 is 0. The highest BCUT2D eigenvalue weighted by molar-refractivity contribution is 5.81. The predicted molar refractivity (Wildman–Crippen MR) is 118 cm³/mol. The first-order valence-electron chi connectivity index (χ1n) is 10.6. The van der Waals surface area contributed by atoms with Gasteiger partial charge in [0.15, 0.2) is 11.9 Å². The average molecular weight is 434 g/mol. The number of benzene rings is 2. The summed E-state index contributed by atoms with van der Waals surface area (Å²) in [5.74, 6) is -0.547. The van der Waals surface area contributed by atoms with Gasteiger partial charge in [-0.2, -0.15) is 5.10 Å². The van der Waals surface area contributed by atoms with Crippen LogP contribution >= 0.6 is 0 Å².